The monoisotopic (exact) mass is 266 g/mol. The van der Waals surface area contributed by atoms with Gasteiger partial charge in [-0.05, 0) is 50.6 Å². The van der Waals surface area contributed by atoms with Gasteiger partial charge in [0.25, 0.3) is 0 Å². The highest BCUT2D eigenvalue weighted by Crippen LogP contribution is 2.43. The van der Waals surface area contributed by atoms with Crippen molar-refractivity contribution in [2.45, 2.75) is 65.3 Å². The molecule has 110 valence electrons. The molecule has 2 aliphatic rings. The van der Waals surface area contributed by atoms with Gasteiger partial charge in [-0.15, -0.1) is 0 Å². The SMILES string of the molecule is CC(C)CC1(C(=O)NC2CCNCC2C)CCCC1. The van der Waals surface area contributed by atoms with Crippen LogP contribution in [0.1, 0.15) is 59.3 Å². The van der Waals surface area contributed by atoms with Crippen molar-refractivity contribution in [2.75, 3.05) is 13.1 Å². The molecule has 0 aromatic carbocycles. The van der Waals surface area contributed by atoms with Gasteiger partial charge >= 0.3 is 0 Å². The van der Waals surface area contributed by atoms with Crippen LogP contribution < -0.4 is 10.6 Å². The standard InChI is InChI=1S/C16H30N2O/c1-12(2)10-16(7-4-5-8-16)15(19)18-14-6-9-17-11-13(14)3/h12-14,17H,4-11H2,1-3H3,(H,18,19). The van der Waals surface area contributed by atoms with Gasteiger partial charge < -0.3 is 10.6 Å². The molecule has 2 N–H and O–H groups in total. The highest BCUT2D eigenvalue weighted by Gasteiger charge is 2.42. The summed E-state index contributed by atoms with van der Waals surface area (Å²) in [6, 6.07) is 0.374. The van der Waals surface area contributed by atoms with Crippen molar-refractivity contribution in [3.05, 3.63) is 0 Å². The number of hydrogen-bond acceptors (Lipinski definition) is 2. The van der Waals surface area contributed by atoms with Gasteiger partial charge in [-0.25, -0.2) is 0 Å². The maximum atomic E-state index is 12.8. The lowest BCUT2D eigenvalue weighted by Crippen LogP contribution is -2.52. The molecule has 0 aromatic rings. The Kier molecular flexibility index (Phi) is 4.88. The molecule has 1 saturated carbocycles. The molecular formula is C16H30N2O. The molecule has 1 aliphatic heterocycles. The van der Waals surface area contributed by atoms with E-state index in [0.717, 1.165) is 38.8 Å². The fourth-order valence-electron chi connectivity index (χ4n) is 3.91. The first-order valence-electron chi connectivity index (χ1n) is 8.05. The number of amides is 1. The zero-order valence-corrected chi connectivity index (χ0v) is 12.8. The summed E-state index contributed by atoms with van der Waals surface area (Å²) in [7, 11) is 0. The Balaban J connectivity index is 1.99. The summed E-state index contributed by atoms with van der Waals surface area (Å²) in [5.41, 5.74) is -0.0568. The van der Waals surface area contributed by atoms with Crippen LogP contribution in [0.25, 0.3) is 0 Å². The van der Waals surface area contributed by atoms with Crippen LogP contribution in [-0.4, -0.2) is 25.0 Å². The molecule has 1 saturated heterocycles. The average molecular weight is 266 g/mol. The van der Waals surface area contributed by atoms with Gasteiger partial charge in [-0.3, -0.25) is 4.79 Å². The third kappa shape index (κ3) is 3.50. The van der Waals surface area contributed by atoms with Crippen molar-refractivity contribution in [2.24, 2.45) is 17.3 Å². The molecule has 3 nitrogen and oxygen atoms in total. The predicted octanol–water partition coefficient (Wildman–Crippen LogP) is 2.71. The lowest BCUT2D eigenvalue weighted by atomic mass is 9.77. The van der Waals surface area contributed by atoms with Gasteiger partial charge in [0.1, 0.15) is 0 Å². The molecule has 0 spiro atoms. The molecule has 2 rings (SSSR count). The van der Waals surface area contributed by atoms with Gasteiger partial charge in [0, 0.05) is 11.5 Å². The minimum absolute atomic E-state index is 0.0568. The van der Waals surface area contributed by atoms with Crippen LogP contribution >= 0.6 is 0 Å². The summed E-state index contributed by atoms with van der Waals surface area (Å²) in [6.45, 7) is 8.77. The molecule has 19 heavy (non-hydrogen) atoms. The molecule has 0 radical (unpaired) electrons. The van der Waals surface area contributed by atoms with E-state index < -0.39 is 0 Å². The normalized spacial score (nSPS) is 30.5. The summed E-state index contributed by atoms with van der Waals surface area (Å²) in [6.07, 6.45) is 6.76. The maximum Gasteiger partial charge on any atom is 0.226 e. The Hall–Kier alpha value is -0.570. The highest BCUT2D eigenvalue weighted by molar-refractivity contribution is 5.83. The first-order chi connectivity index (χ1) is 9.03. The van der Waals surface area contributed by atoms with Crippen molar-refractivity contribution in [1.82, 2.24) is 10.6 Å². The Bertz CT molecular complexity index is 308. The maximum absolute atomic E-state index is 12.8. The molecular weight excluding hydrogens is 236 g/mol. The lowest BCUT2D eigenvalue weighted by Gasteiger charge is -2.35. The molecule has 3 heteroatoms. The lowest BCUT2D eigenvalue weighted by molar-refractivity contribution is -0.133. The molecule has 0 aromatic heterocycles. The van der Waals surface area contributed by atoms with Crippen LogP contribution in [0.2, 0.25) is 0 Å². The quantitative estimate of drug-likeness (QED) is 0.821. The van der Waals surface area contributed by atoms with Gasteiger partial charge in [0.05, 0.1) is 0 Å². The van der Waals surface area contributed by atoms with Crippen LogP contribution in [0, 0.1) is 17.3 Å². The summed E-state index contributed by atoms with van der Waals surface area (Å²) in [5.74, 6) is 1.50. The van der Waals surface area contributed by atoms with Crippen LogP contribution in [0.15, 0.2) is 0 Å². The summed E-state index contributed by atoms with van der Waals surface area (Å²) >= 11 is 0. The molecule has 1 aliphatic carbocycles. The van der Waals surface area contributed by atoms with Crippen LogP contribution in [0.4, 0.5) is 0 Å². The topological polar surface area (TPSA) is 41.1 Å². The van der Waals surface area contributed by atoms with E-state index in [2.05, 4.69) is 31.4 Å². The van der Waals surface area contributed by atoms with Gasteiger partial charge in [-0.2, -0.15) is 0 Å². The Labute approximate surface area is 117 Å². The third-order valence-electron chi connectivity index (χ3n) is 4.94. The van der Waals surface area contributed by atoms with Crippen molar-refractivity contribution in [3.8, 4) is 0 Å². The van der Waals surface area contributed by atoms with E-state index >= 15 is 0 Å². The first kappa shape index (κ1) is 14.8. The average Bonchev–Trinajstić information content (AvgIpc) is 2.81. The number of carbonyl (C=O) groups excluding carboxylic acids is 1. The zero-order chi connectivity index (χ0) is 13.9. The first-order valence-corrected chi connectivity index (χ1v) is 8.05. The second kappa shape index (κ2) is 6.25. The minimum atomic E-state index is -0.0568. The molecule has 2 atom stereocenters. The third-order valence-corrected chi connectivity index (χ3v) is 4.94. The summed E-state index contributed by atoms with van der Waals surface area (Å²) < 4.78 is 0. The molecule has 1 heterocycles. The van der Waals surface area contributed by atoms with Crippen molar-refractivity contribution in [1.29, 1.82) is 0 Å². The van der Waals surface area contributed by atoms with E-state index in [4.69, 9.17) is 0 Å². The van der Waals surface area contributed by atoms with Gasteiger partial charge in [-0.1, -0.05) is 33.6 Å². The van der Waals surface area contributed by atoms with Crippen LogP contribution in [0.3, 0.4) is 0 Å². The highest BCUT2D eigenvalue weighted by atomic mass is 16.2. The predicted molar refractivity (Wildman–Crippen MR) is 78.9 cm³/mol. The fourth-order valence-corrected chi connectivity index (χ4v) is 3.91. The van der Waals surface area contributed by atoms with E-state index in [9.17, 15) is 4.79 Å². The number of rotatable bonds is 4. The van der Waals surface area contributed by atoms with Crippen molar-refractivity contribution < 1.29 is 4.79 Å². The number of piperidine rings is 1. The number of nitrogens with one attached hydrogen (secondary N) is 2. The van der Waals surface area contributed by atoms with Crippen molar-refractivity contribution >= 4 is 5.91 Å². The molecule has 2 fully saturated rings. The van der Waals surface area contributed by atoms with E-state index in [1.54, 1.807) is 0 Å². The van der Waals surface area contributed by atoms with Crippen LogP contribution in [0.5, 0.6) is 0 Å². The summed E-state index contributed by atoms with van der Waals surface area (Å²) in [5, 5.41) is 6.78. The van der Waals surface area contributed by atoms with Gasteiger partial charge in [0.15, 0.2) is 0 Å². The smallest absolute Gasteiger partial charge is 0.226 e. The minimum Gasteiger partial charge on any atom is -0.353 e. The number of hydrogen-bond donors (Lipinski definition) is 2. The fraction of sp³-hybridized carbons (Fsp3) is 0.938. The van der Waals surface area contributed by atoms with E-state index in [-0.39, 0.29) is 5.41 Å². The Morgan fingerprint density at radius 2 is 2.05 bits per heavy atom. The van der Waals surface area contributed by atoms with Crippen molar-refractivity contribution in [3.63, 3.8) is 0 Å². The number of carbonyl (C=O) groups is 1. The molecule has 2 unspecified atom stereocenters. The molecule has 1 amide bonds. The second-order valence-electron chi connectivity index (χ2n) is 7.14. The van der Waals surface area contributed by atoms with E-state index in [1.807, 2.05) is 0 Å². The van der Waals surface area contributed by atoms with E-state index in [1.165, 1.54) is 12.8 Å². The van der Waals surface area contributed by atoms with Gasteiger partial charge in [0.2, 0.25) is 5.91 Å². The zero-order valence-electron chi connectivity index (χ0n) is 12.8. The molecule has 0 bridgehead atoms. The Morgan fingerprint density at radius 1 is 1.37 bits per heavy atom. The second-order valence-corrected chi connectivity index (χ2v) is 7.14. The van der Waals surface area contributed by atoms with E-state index in [0.29, 0.717) is 23.8 Å². The van der Waals surface area contributed by atoms with Crippen LogP contribution in [-0.2, 0) is 4.79 Å². The Morgan fingerprint density at radius 3 is 2.63 bits per heavy atom. The summed E-state index contributed by atoms with van der Waals surface area (Å²) in [4.78, 5) is 12.8. The largest absolute Gasteiger partial charge is 0.353 e.